The van der Waals surface area contributed by atoms with Crippen molar-refractivity contribution < 1.29 is 14.6 Å². The minimum atomic E-state index is -0.581. The number of aliphatic hydroxyl groups is 1. The number of carbonyl (C=O) groups is 1. The Bertz CT molecular complexity index is 172. The van der Waals surface area contributed by atoms with Gasteiger partial charge in [-0.2, -0.15) is 0 Å². The molecule has 0 unspecified atom stereocenters. The molecule has 4 nitrogen and oxygen atoms in total. The van der Waals surface area contributed by atoms with Gasteiger partial charge in [0.05, 0.1) is 12.1 Å². The molecule has 1 heterocycles. The highest BCUT2D eigenvalue weighted by Gasteiger charge is 2.29. The fraction of sp³-hybridized carbons (Fsp3) is 0.875. The first kappa shape index (κ1) is 9.48. The molecular weight excluding hydrogens is 158 g/mol. The van der Waals surface area contributed by atoms with E-state index >= 15 is 0 Å². The number of carbonyl (C=O) groups excluding carboxylic acids is 1. The highest BCUT2D eigenvalue weighted by atomic mass is 16.5. The molecule has 0 aromatic rings. The topological polar surface area (TPSA) is 58.6 Å². The SMILES string of the molecule is CC(=O)N[C@H]1CCO[C@H](C)[C@@H]1O. The molecule has 1 fully saturated rings. The maximum Gasteiger partial charge on any atom is 0.217 e. The third-order valence-corrected chi connectivity index (χ3v) is 2.09. The van der Waals surface area contributed by atoms with Crippen LogP contribution >= 0.6 is 0 Å². The number of hydrogen-bond donors (Lipinski definition) is 2. The molecule has 1 aliphatic rings. The zero-order valence-corrected chi connectivity index (χ0v) is 7.41. The predicted molar refractivity (Wildman–Crippen MR) is 43.6 cm³/mol. The number of amides is 1. The summed E-state index contributed by atoms with van der Waals surface area (Å²) in [7, 11) is 0. The second kappa shape index (κ2) is 3.87. The summed E-state index contributed by atoms with van der Waals surface area (Å²) >= 11 is 0. The van der Waals surface area contributed by atoms with Crippen LogP contribution in [0.5, 0.6) is 0 Å². The Balaban J connectivity index is 2.46. The summed E-state index contributed by atoms with van der Waals surface area (Å²) in [5.74, 6) is -0.104. The summed E-state index contributed by atoms with van der Waals surface area (Å²) in [6, 6.07) is -0.147. The van der Waals surface area contributed by atoms with Crippen molar-refractivity contribution in [1.82, 2.24) is 5.32 Å². The maximum atomic E-state index is 10.7. The largest absolute Gasteiger partial charge is 0.388 e. The number of aliphatic hydroxyl groups excluding tert-OH is 1. The first-order valence-corrected chi connectivity index (χ1v) is 4.18. The number of ether oxygens (including phenoxy) is 1. The average molecular weight is 173 g/mol. The lowest BCUT2D eigenvalue weighted by Gasteiger charge is -2.33. The minimum Gasteiger partial charge on any atom is -0.388 e. The number of nitrogens with one attached hydrogen (secondary N) is 1. The Morgan fingerprint density at radius 2 is 2.33 bits per heavy atom. The minimum absolute atomic E-state index is 0.104. The van der Waals surface area contributed by atoms with Gasteiger partial charge in [0.15, 0.2) is 0 Å². The molecule has 0 aliphatic carbocycles. The van der Waals surface area contributed by atoms with Gasteiger partial charge in [-0.3, -0.25) is 4.79 Å². The van der Waals surface area contributed by atoms with Crippen molar-refractivity contribution in [2.45, 2.75) is 38.5 Å². The Kier molecular flexibility index (Phi) is 3.05. The van der Waals surface area contributed by atoms with Gasteiger partial charge in [-0.1, -0.05) is 0 Å². The van der Waals surface area contributed by atoms with E-state index in [1.165, 1.54) is 6.92 Å². The van der Waals surface area contributed by atoms with Crippen LogP contribution in [0.15, 0.2) is 0 Å². The van der Waals surface area contributed by atoms with Gasteiger partial charge in [0.25, 0.3) is 0 Å². The molecule has 0 spiro atoms. The van der Waals surface area contributed by atoms with E-state index in [0.717, 1.165) is 0 Å². The zero-order chi connectivity index (χ0) is 9.14. The van der Waals surface area contributed by atoms with Crippen molar-refractivity contribution >= 4 is 5.91 Å². The van der Waals surface area contributed by atoms with Gasteiger partial charge >= 0.3 is 0 Å². The molecule has 70 valence electrons. The molecule has 12 heavy (non-hydrogen) atoms. The Hall–Kier alpha value is -0.610. The van der Waals surface area contributed by atoms with Gasteiger partial charge in [0.1, 0.15) is 6.10 Å². The van der Waals surface area contributed by atoms with E-state index in [4.69, 9.17) is 4.74 Å². The first-order chi connectivity index (χ1) is 5.61. The quantitative estimate of drug-likeness (QED) is 0.570. The number of hydrogen-bond acceptors (Lipinski definition) is 3. The van der Waals surface area contributed by atoms with Crippen molar-refractivity contribution in [3.8, 4) is 0 Å². The lowest BCUT2D eigenvalue weighted by molar-refractivity contribution is -0.125. The van der Waals surface area contributed by atoms with E-state index in [-0.39, 0.29) is 18.1 Å². The lowest BCUT2D eigenvalue weighted by Crippen LogP contribution is -2.51. The molecule has 1 saturated heterocycles. The van der Waals surface area contributed by atoms with E-state index < -0.39 is 6.10 Å². The molecule has 0 radical (unpaired) electrons. The fourth-order valence-corrected chi connectivity index (χ4v) is 1.40. The van der Waals surface area contributed by atoms with Crippen LogP contribution in [0.4, 0.5) is 0 Å². The van der Waals surface area contributed by atoms with Crippen LogP contribution in [-0.2, 0) is 9.53 Å². The molecule has 2 N–H and O–H groups in total. The molecule has 3 atom stereocenters. The molecule has 4 heteroatoms. The highest BCUT2D eigenvalue weighted by molar-refractivity contribution is 5.73. The molecule has 0 bridgehead atoms. The van der Waals surface area contributed by atoms with Crippen molar-refractivity contribution in [3.63, 3.8) is 0 Å². The summed E-state index contributed by atoms with van der Waals surface area (Å²) < 4.78 is 5.20. The van der Waals surface area contributed by atoms with Crippen LogP contribution in [0.1, 0.15) is 20.3 Å². The van der Waals surface area contributed by atoms with Crippen LogP contribution in [0, 0.1) is 0 Å². The van der Waals surface area contributed by atoms with Crippen LogP contribution in [0.3, 0.4) is 0 Å². The van der Waals surface area contributed by atoms with E-state index in [1.54, 1.807) is 6.92 Å². The fourth-order valence-electron chi connectivity index (χ4n) is 1.40. The molecule has 1 aliphatic heterocycles. The van der Waals surface area contributed by atoms with E-state index in [9.17, 15) is 9.90 Å². The molecule has 0 saturated carbocycles. The normalized spacial score (nSPS) is 36.1. The van der Waals surface area contributed by atoms with Gasteiger partial charge in [-0.05, 0) is 13.3 Å². The standard InChI is InChI=1S/C8H15NO3/c1-5-8(11)7(3-4-12-5)9-6(2)10/h5,7-8,11H,3-4H2,1-2H3,(H,9,10)/t5-,7+,8+/m1/s1. The van der Waals surface area contributed by atoms with Crippen LogP contribution in [0.2, 0.25) is 0 Å². The second-order valence-electron chi connectivity index (χ2n) is 3.16. The van der Waals surface area contributed by atoms with Crippen LogP contribution < -0.4 is 5.32 Å². The summed E-state index contributed by atoms with van der Waals surface area (Å²) in [6.45, 7) is 3.86. The third kappa shape index (κ3) is 2.19. The molecule has 1 rings (SSSR count). The Morgan fingerprint density at radius 3 is 2.92 bits per heavy atom. The van der Waals surface area contributed by atoms with Crippen molar-refractivity contribution in [2.75, 3.05) is 6.61 Å². The molecule has 0 aromatic carbocycles. The van der Waals surface area contributed by atoms with Gasteiger partial charge < -0.3 is 15.2 Å². The Morgan fingerprint density at radius 1 is 1.67 bits per heavy atom. The van der Waals surface area contributed by atoms with Crippen molar-refractivity contribution in [3.05, 3.63) is 0 Å². The monoisotopic (exact) mass is 173 g/mol. The maximum absolute atomic E-state index is 10.7. The highest BCUT2D eigenvalue weighted by Crippen LogP contribution is 2.13. The van der Waals surface area contributed by atoms with Crippen molar-refractivity contribution in [2.24, 2.45) is 0 Å². The van der Waals surface area contributed by atoms with Gasteiger partial charge in [0.2, 0.25) is 5.91 Å². The third-order valence-electron chi connectivity index (χ3n) is 2.09. The van der Waals surface area contributed by atoms with Gasteiger partial charge in [0, 0.05) is 13.5 Å². The molecule has 0 aromatic heterocycles. The zero-order valence-electron chi connectivity index (χ0n) is 7.41. The summed E-state index contributed by atoms with van der Waals surface area (Å²) in [5, 5.41) is 12.2. The summed E-state index contributed by atoms with van der Waals surface area (Å²) in [5.41, 5.74) is 0. The molecular formula is C8H15NO3. The van der Waals surface area contributed by atoms with Gasteiger partial charge in [-0.15, -0.1) is 0 Å². The first-order valence-electron chi connectivity index (χ1n) is 4.18. The lowest BCUT2D eigenvalue weighted by atomic mass is 10.0. The van der Waals surface area contributed by atoms with Crippen LogP contribution in [0.25, 0.3) is 0 Å². The second-order valence-corrected chi connectivity index (χ2v) is 3.16. The van der Waals surface area contributed by atoms with Crippen LogP contribution in [-0.4, -0.2) is 35.9 Å². The smallest absolute Gasteiger partial charge is 0.217 e. The van der Waals surface area contributed by atoms with E-state index in [1.807, 2.05) is 0 Å². The van der Waals surface area contributed by atoms with E-state index in [0.29, 0.717) is 13.0 Å². The van der Waals surface area contributed by atoms with Gasteiger partial charge in [-0.25, -0.2) is 0 Å². The summed E-state index contributed by atoms with van der Waals surface area (Å²) in [4.78, 5) is 10.7. The van der Waals surface area contributed by atoms with E-state index in [2.05, 4.69) is 5.32 Å². The van der Waals surface area contributed by atoms with Crippen molar-refractivity contribution in [1.29, 1.82) is 0 Å². The predicted octanol–water partition coefficient (Wildman–Crippen LogP) is -0.339. The summed E-state index contributed by atoms with van der Waals surface area (Å²) in [6.07, 6.45) is -0.0799. The average Bonchev–Trinajstić information content (AvgIpc) is 1.98. The molecule has 1 amide bonds. The number of rotatable bonds is 1. The Labute approximate surface area is 71.9 Å².